The van der Waals surface area contributed by atoms with Crippen molar-refractivity contribution in [3.05, 3.63) is 0 Å². The van der Waals surface area contributed by atoms with Crippen LogP contribution in [0.2, 0.25) is 0 Å². The van der Waals surface area contributed by atoms with Gasteiger partial charge in [-0.2, -0.15) is 0 Å². The van der Waals surface area contributed by atoms with Crippen LogP contribution in [0, 0.1) is 0 Å². The summed E-state index contributed by atoms with van der Waals surface area (Å²) >= 11 is 5.40. The maximum Gasteiger partial charge on any atom is 0.321 e. The number of nitrogens with zero attached hydrogens (tertiary/aromatic N) is 1. The minimum absolute atomic E-state index is 0.140. The largest absolute Gasteiger partial charge is 0.461 e. The van der Waals surface area contributed by atoms with E-state index >= 15 is 0 Å². The lowest BCUT2D eigenvalue weighted by molar-refractivity contribution is -0.299. The number of hydrogen-bond acceptors (Lipinski definition) is 3. The molecule has 1 aliphatic heterocycles. The van der Waals surface area contributed by atoms with Gasteiger partial charge in [0, 0.05) is 23.9 Å². The maximum absolute atomic E-state index is 12.0. The molecule has 1 heterocycles. The van der Waals surface area contributed by atoms with Gasteiger partial charge in [0.1, 0.15) is 12.0 Å². The molecule has 16 heavy (non-hydrogen) atoms. The summed E-state index contributed by atoms with van der Waals surface area (Å²) in [5, 5.41) is 13.1. The monoisotopic (exact) mass is 248 g/mol. The first kappa shape index (κ1) is 13.7. The molecule has 0 bridgehead atoms. The molecule has 93 valence electrons. The van der Waals surface area contributed by atoms with Crippen molar-refractivity contribution in [2.24, 2.45) is 0 Å². The third kappa shape index (κ3) is 2.87. The Hall–Kier alpha value is -0.320. The van der Waals surface area contributed by atoms with Crippen LogP contribution in [-0.2, 0) is 14.7 Å². The molecule has 1 rings (SSSR count). The van der Waals surface area contributed by atoms with E-state index in [1.165, 1.54) is 0 Å². The third-order valence-electron chi connectivity index (χ3n) is 2.96. The first-order valence-corrected chi connectivity index (χ1v) is 5.95. The normalized spacial score (nSPS) is 25.4. The molecule has 0 saturated carbocycles. The van der Waals surface area contributed by atoms with E-state index in [2.05, 4.69) is 0 Å². The molecule has 1 saturated heterocycles. The number of rotatable bonds is 2. The molecular weight excluding hydrogens is 230 g/mol. The number of alkyl halides is 1. The van der Waals surface area contributed by atoms with Gasteiger partial charge in [-0.25, -0.2) is 0 Å². The van der Waals surface area contributed by atoms with Crippen molar-refractivity contribution < 1.29 is 14.7 Å². The summed E-state index contributed by atoms with van der Waals surface area (Å²) in [7, 11) is 0. The molecule has 0 amide bonds. The third-order valence-corrected chi connectivity index (χ3v) is 3.18. The van der Waals surface area contributed by atoms with Gasteiger partial charge in [0.25, 0.3) is 0 Å². The van der Waals surface area contributed by atoms with Gasteiger partial charge in [0.2, 0.25) is 0 Å². The summed E-state index contributed by atoms with van der Waals surface area (Å²) in [5.74, 6) is -0.559. The van der Waals surface area contributed by atoms with E-state index < -0.39 is 17.0 Å². The average molecular weight is 249 g/mol. The standard InChI is InChI=1S/C11H19ClNO3/c1-10(2)5-8(16-9(14)7-12)6-11(3,4)13(10)15/h8H,5-7H2,1-4H3. The highest BCUT2D eigenvalue weighted by Gasteiger charge is 2.47. The Morgan fingerprint density at radius 1 is 1.31 bits per heavy atom. The molecule has 1 aliphatic rings. The molecule has 4 nitrogen and oxygen atoms in total. The number of hydroxylamine groups is 2. The minimum Gasteiger partial charge on any atom is -0.461 e. The predicted octanol–water partition coefficient (Wildman–Crippen LogP) is 2.14. The second-order valence-corrected chi connectivity index (χ2v) is 5.84. The van der Waals surface area contributed by atoms with Crippen LogP contribution in [0.1, 0.15) is 40.5 Å². The van der Waals surface area contributed by atoms with E-state index in [-0.39, 0.29) is 12.0 Å². The summed E-state index contributed by atoms with van der Waals surface area (Å²) in [6.45, 7) is 7.45. The van der Waals surface area contributed by atoms with Gasteiger partial charge >= 0.3 is 5.97 Å². The highest BCUT2D eigenvalue weighted by molar-refractivity contribution is 6.26. The second kappa shape index (κ2) is 4.51. The fourth-order valence-corrected chi connectivity index (χ4v) is 2.54. The van der Waals surface area contributed by atoms with Crippen LogP contribution in [0.15, 0.2) is 0 Å². The summed E-state index contributed by atoms with van der Waals surface area (Å²) in [6, 6.07) is 0. The van der Waals surface area contributed by atoms with Gasteiger partial charge in [-0.15, -0.1) is 21.9 Å². The summed E-state index contributed by atoms with van der Waals surface area (Å²) in [4.78, 5) is 11.1. The molecule has 0 spiro atoms. The molecule has 5 heteroatoms. The number of carbonyl (C=O) groups is 1. The minimum atomic E-state index is -0.515. The van der Waals surface area contributed by atoms with Crippen LogP contribution in [0.4, 0.5) is 0 Å². The van der Waals surface area contributed by atoms with Crippen molar-refractivity contribution in [2.45, 2.75) is 57.7 Å². The lowest BCUT2D eigenvalue weighted by atomic mass is 9.80. The summed E-state index contributed by atoms with van der Waals surface area (Å²) in [6.07, 6.45) is 0.868. The number of esters is 1. The molecule has 1 fully saturated rings. The highest BCUT2D eigenvalue weighted by Crippen LogP contribution is 2.38. The van der Waals surface area contributed by atoms with Gasteiger partial charge in [-0.3, -0.25) is 4.79 Å². The van der Waals surface area contributed by atoms with Gasteiger partial charge in [0.05, 0.1) is 0 Å². The number of piperidine rings is 1. The smallest absolute Gasteiger partial charge is 0.321 e. The lowest BCUT2D eigenvalue weighted by Crippen LogP contribution is -2.60. The molecule has 0 aromatic heterocycles. The van der Waals surface area contributed by atoms with E-state index in [4.69, 9.17) is 16.3 Å². The Bertz CT molecular complexity index is 260. The maximum atomic E-state index is 12.0. The molecule has 0 N–H and O–H groups in total. The topological polar surface area (TPSA) is 49.4 Å². The van der Waals surface area contributed by atoms with Gasteiger partial charge < -0.3 is 4.74 Å². The van der Waals surface area contributed by atoms with Crippen molar-refractivity contribution in [1.29, 1.82) is 0 Å². The van der Waals surface area contributed by atoms with Crippen molar-refractivity contribution in [1.82, 2.24) is 5.06 Å². The molecule has 0 aromatic carbocycles. The zero-order valence-electron chi connectivity index (χ0n) is 10.2. The molecular formula is C11H19ClNO3. The van der Waals surface area contributed by atoms with Crippen molar-refractivity contribution in [3.8, 4) is 0 Å². The Morgan fingerprint density at radius 3 is 2.12 bits per heavy atom. The van der Waals surface area contributed by atoms with Crippen LogP contribution >= 0.6 is 11.6 Å². The van der Waals surface area contributed by atoms with E-state index in [9.17, 15) is 10.0 Å². The number of hydrogen-bond donors (Lipinski definition) is 0. The molecule has 0 atom stereocenters. The highest BCUT2D eigenvalue weighted by atomic mass is 35.5. The van der Waals surface area contributed by atoms with Gasteiger partial charge in [-0.05, 0) is 27.7 Å². The van der Waals surface area contributed by atoms with Gasteiger partial charge in [0.15, 0.2) is 0 Å². The fourth-order valence-electron chi connectivity index (χ4n) is 2.47. The summed E-state index contributed by atoms with van der Waals surface area (Å²) in [5.41, 5.74) is -1.03. The number of carbonyl (C=O) groups excluding carboxylic acids is 1. The summed E-state index contributed by atoms with van der Waals surface area (Å²) < 4.78 is 5.22. The first-order chi connectivity index (χ1) is 7.19. The number of halogens is 1. The lowest BCUT2D eigenvalue weighted by Gasteiger charge is -2.49. The van der Waals surface area contributed by atoms with Crippen LogP contribution < -0.4 is 0 Å². The van der Waals surface area contributed by atoms with E-state index in [0.29, 0.717) is 12.8 Å². The van der Waals surface area contributed by atoms with E-state index in [0.717, 1.165) is 5.06 Å². The average Bonchev–Trinajstić information content (AvgIpc) is 2.13. The Labute approximate surface area is 101 Å². The van der Waals surface area contributed by atoms with E-state index in [1.54, 1.807) is 0 Å². The second-order valence-electron chi connectivity index (χ2n) is 5.57. The SMILES string of the molecule is CC1(C)CC(OC(=O)CCl)CC(C)(C)N1[O]. The van der Waals surface area contributed by atoms with Crippen molar-refractivity contribution in [2.75, 3.05) is 5.88 Å². The predicted molar refractivity (Wildman–Crippen MR) is 60.5 cm³/mol. The zero-order chi connectivity index (χ0) is 12.6. The number of ether oxygens (including phenoxy) is 1. The molecule has 0 aliphatic carbocycles. The van der Waals surface area contributed by atoms with Crippen LogP contribution in [-0.4, -0.2) is 34.1 Å². The van der Waals surface area contributed by atoms with Crippen molar-refractivity contribution >= 4 is 17.6 Å². The fraction of sp³-hybridized carbons (Fsp3) is 0.909. The molecule has 1 radical (unpaired) electrons. The van der Waals surface area contributed by atoms with Gasteiger partial charge in [-0.1, -0.05) is 0 Å². The first-order valence-electron chi connectivity index (χ1n) is 5.42. The van der Waals surface area contributed by atoms with Crippen LogP contribution in [0.5, 0.6) is 0 Å². The molecule has 0 unspecified atom stereocenters. The Kier molecular flexibility index (Phi) is 3.87. The Morgan fingerprint density at radius 2 is 1.75 bits per heavy atom. The van der Waals surface area contributed by atoms with Crippen LogP contribution in [0.25, 0.3) is 0 Å². The zero-order valence-corrected chi connectivity index (χ0v) is 11.0. The van der Waals surface area contributed by atoms with Crippen LogP contribution in [0.3, 0.4) is 0 Å². The van der Waals surface area contributed by atoms with Crippen molar-refractivity contribution in [3.63, 3.8) is 0 Å². The van der Waals surface area contributed by atoms with E-state index in [1.807, 2.05) is 27.7 Å². The quantitative estimate of drug-likeness (QED) is 0.556. The molecule has 0 aromatic rings. The Balaban J connectivity index is 2.75.